The van der Waals surface area contributed by atoms with Crippen molar-refractivity contribution >= 4 is 28.8 Å². The Kier molecular flexibility index (Phi) is 7.80. The number of aromatic nitrogens is 2. The van der Waals surface area contributed by atoms with Crippen LogP contribution in [-0.4, -0.2) is 52.1 Å². The maximum absolute atomic E-state index is 12.9. The van der Waals surface area contributed by atoms with Gasteiger partial charge in [-0.15, -0.1) is 0 Å². The summed E-state index contributed by atoms with van der Waals surface area (Å²) in [4.78, 5) is 24.1. The van der Waals surface area contributed by atoms with Crippen molar-refractivity contribution in [3.05, 3.63) is 71.2 Å². The SMILES string of the molecule is CC(C)NC(=O)c1cnc(Nc2ccc3c(c2)CC(N(C)C)CC3)cc1Nc1ccnc(C(C)(C)O)c1. The first-order valence-electron chi connectivity index (χ1n) is 12.8. The van der Waals surface area contributed by atoms with Crippen LogP contribution in [0.1, 0.15) is 61.3 Å². The highest BCUT2D eigenvalue weighted by atomic mass is 16.3. The molecule has 2 heterocycles. The number of fused-ring (bicyclic) bond motifs is 1. The summed E-state index contributed by atoms with van der Waals surface area (Å²) in [7, 11) is 4.28. The molecule has 1 aliphatic carbocycles. The van der Waals surface area contributed by atoms with Gasteiger partial charge in [-0.25, -0.2) is 4.98 Å². The number of pyridine rings is 2. The maximum atomic E-state index is 12.9. The van der Waals surface area contributed by atoms with E-state index < -0.39 is 5.60 Å². The predicted molar refractivity (Wildman–Crippen MR) is 149 cm³/mol. The Morgan fingerprint density at radius 3 is 2.51 bits per heavy atom. The van der Waals surface area contributed by atoms with Crippen LogP contribution in [-0.2, 0) is 18.4 Å². The van der Waals surface area contributed by atoms with Gasteiger partial charge in [-0.05, 0) is 96.4 Å². The molecule has 4 rings (SSSR count). The molecule has 0 saturated heterocycles. The highest BCUT2D eigenvalue weighted by molar-refractivity contribution is 6.00. The molecule has 0 saturated carbocycles. The number of likely N-dealkylation sites (N-methyl/N-ethyl adjacent to an activating group) is 1. The fourth-order valence-corrected chi connectivity index (χ4v) is 4.55. The Hall–Kier alpha value is -3.49. The van der Waals surface area contributed by atoms with Crippen LogP contribution in [0.5, 0.6) is 0 Å². The Balaban J connectivity index is 1.63. The Labute approximate surface area is 219 Å². The van der Waals surface area contributed by atoms with Gasteiger partial charge in [0.1, 0.15) is 11.4 Å². The third kappa shape index (κ3) is 6.64. The van der Waals surface area contributed by atoms with Gasteiger partial charge in [-0.3, -0.25) is 9.78 Å². The highest BCUT2D eigenvalue weighted by Gasteiger charge is 2.21. The summed E-state index contributed by atoms with van der Waals surface area (Å²) in [6.45, 7) is 7.22. The van der Waals surface area contributed by atoms with Gasteiger partial charge in [-0.2, -0.15) is 0 Å². The van der Waals surface area contributed by atoms with Crippen LogP contribution in [0.15, 0.2) is 48.8 Å². The molecular formula is C29H38N6O2. The summed E-state index contributed by atoms with van der Waals surface area (Å²) in [5.74, 6) is 0.414. The largest absolute Gasteiger partial charge is 0.384 e. The molecule has 0 bridgehead atoms. The van der Waals surface area contributed by atoms with Crippen LogP contribution in [0.3, 0.4) is 0 Å². The number of rotatable bonds is 8. The molecule has 37 heavy (non-hydrogen) atoms. The highest BCUT2D eigenvalue weighted by Crippen LogP contribution is 2.30. The second-order valence-electron chi connectivity index (χ2n) is 10.8. The molecule has 0 aliphatic heterocycles. The minimum absolute atomic E-state index is 0.0117. The predicted octanol–water partition coefficient (Wildman–Crippen LogP) is 4.75. The lowest BCUT2D eigenvalue weighted by Gasteiger charge is -2.30. The van der Waals surface area contributed by atoms with Crippen LogP contribution >= 0.6 is 0 Å². The van der Waals surface area contributed by atoms with Gasteiger partial charge in [0.15, 0.2) is 0 Å². The van der Waals surface area contributed by atoms with Crippen LogP contribution in [0.2, 0.25) is 0 Å². The van der Waals surface area contributed by atoms with E-state index in [0.29, 0.717) is 34.5 Å². The molecule has 0 radical (unpaired) electrons. The summed E-state index contributed by atoms with van der Waals surface area (Å²) in [5, 5.41) is 20.1. The summed E-state index contributed by atoms with van der Waals surface area (Å²) >= 11 is 0. The van der Waals surface area contributed by atoms with Gasteiger partial charge >= 0.3 is 0 Å². The van der Waals surface area contributed by atoms with Gasteiger partial charge in [0.25, 0.3) is 5.91 Å². The number of aliphatic hydroxyl groups is 1. The monoisotopic (exact) mass is 502 g/mol. The van der Waals surface area contributed by atoms with E-state index in [9.17, 15) is 9.90 Å². The number of hydrogen-bond acceptors (Lipinski definition) is 7. The van der Waals surface area contributed by atoms with E-state index in [0.717, 1.165) is 18.5 Å². The topological polar surface area (TPSA) is 102 Å². The quantitative estimate of drug-likeness (QED) is 0.353. The molecule has 1 aromatic carbocycles. The summed E-state index contributed by atoms with van der Waals surface area (Å²) in [6, 6.07) is 12.4. The molecular weight excluding hydrogens is 464 g/mol. The molecule has 1 amide bonds. The minimum Gasteiger partial charge on any atom is -0.384 e. The van der Waals surface area contributed by atoms with Crippen LogP contribution in [0.4, 0.5) is 22.9 Å². The summed E-state index contributed by atoms with van der Waals surface area (Å²) < 4.78 is 0. The number of anilines is 4. The zero-order chi connectivity index (χ0) is 26.7. The molecule has 8 nitrogen and oxygen atoms in total. The lowest BCUT2D eigenvalue weighted by molar-refractivity contribution is 0.0739. The first-order chi connectivity index (χ1) is 17.5. The van der Waals surface area contributed by atoms with E-state index in [-0.39, 0.29) is 11.9 Å². The second-order valence-corrected chi connectivity index (χ2v) is 10.8. The molecule has 2 aromatic heterocycles. The molecule has 1 aliphatic rings. The summed E-state index contributed by atoms with van der Waals surface area (Å²) in [6.07, 6.45) is 6.51. The third-order valence-electron chi connectivity index (χ3n) is 6.65. The molecule has 0 fully saturated rings. The van der Waals surface area contributed by atoms with Gasteiger partial charge < -0.3 is 26.0 Å². The fourth-order valence-electron chi connectivity index (χ4n) is 4.55. The average Bonchev–Trinajstić information content (AvgIpc) is 2.83. The van der Waals surface area contributed by atoms with Crippen molar-refractivity contribution in [3.8, 4) is 0 Å². The van der Waals surface area contributed by atoms with Gasteiger partial charge in [0.05, 0.1) is 16.9 Å². The van der Waals surface area contributed by atoms with Crippen molar-refractivity contribution in [2.75, 3.05) is 24.7 Å². The Bertz CT molecular complexity index is 1270. The second kappa shape index (κ2) is 10.9. The minimum atomic E-state index is -1.08. The lowest BCUT2D eigenvalue weighted by Crippen LogP contribution is -2.33. The zero-order valence-corrected chi connectivity index (χ0v) is 22.6. The van der Waals surface area contributed by atoms with E-state index >= 15 is 0 Å². The molecule has 8 heteroatoms. The molecule has 3 aromatic rings. The van der Waals surface area contributed by atoms with Crippen LogP contribution in [0.25, 0.3) is 0 Å². The number of hydrogen-bond donors (Lipinski definition) is 4. The Morgan fingerprint density at radius 2 is 1.81 bits per heavy atom. The maximum Gasteiger partial charge on any atom is 0.255 e. The normalized spacial score (nSPS) is 15.4. The van der Waals surface area contributed by atoms with E-state index in [1.165, 1.54) is 17.5 Å². The van der Waals surface area contributed by atoms with E-state index in [2.05, 4.69) is 63.1 Å². The fraction of sp³-hybridized carbons (Fsp3) is 0.414. The smallest absolute Gasteiger partial charge is 0.255 e. The molecule has 4 N–H and O–H groups in total. The van der Waals surface area contributed by atoms with Crippen LogP contribution < -0.4 is 16.0 Å². The number of aryl methyl sites for hydroxylation is 1. The van der Waals surface area contributed by atoms with Gasteiger partial charge in [-0.1, -0.05) is 6.07 Å². The number of amides is 1. The molecule has 196 valence electrons. The van der Waals surface area contributed by atoms with E-state index in [1.807, 2.05) is 19.9 Å². The number of carbonyl (C=O) groups is 1. The number of carbonyl (C=O) groups excluding carboxylic acids is 1. The zero-order valence-electron chi connectivity index (χ0n) is 22.6. The van der Waals surface area contributed by atoms with Crippen molar-refractivity contribution in [2.45, 2.75) is 64.6 Å². The van der Waals surface area contributed by atoms with Gasteiger partial charge in [0.2, 0.25) is 0 Å². The number of benzene rings is 1. The lowest BCUT2D eigenvalue weighted by atomic mass is 9.87. The van der Waals surface area contributed by atoms with Crippen molar-refractivity contribution in [1.29, 1.82) is 0 Å². The van der Waals surface area contributed by atoms with E-state index in [4.69, 9.17) is 0 Å². The number of nitrogens with one attached hydrogen (secondary N) is 3. The first-order valence-corrected chi connectivity index (χ1v) is 12.8. The Morgan fingerprint density at radius 1 is 1.05 bits per heavy atom. The van der Waals surface area contributed by atoms with Crippen molar-refractivity contribution in [2.24, 2.45) is 0 Å². The van der Waals surface area contributed by atoms with Gasteiger partial charge in [0, 0.05) is 41.9 Å². The van der Waals surface area contributed by atoms with Crippen molar-refractivity contribution < 1.29 is 9.90 Å². The summed E-state index contributed by atoms with van der Waals surface area (Å²) in [5.41, 5.74) is 4.92. The first kappa shape index (κ1) is 26.6. The average molecular weight is 503 g/mol. The molecule has 1 atom stereocenters. The van der Waals surface area contributed by atoms with Crippen LogP contribution in [0, 0.1) is 0 Å². The third-order valence-corrected chi connectivity index (χ3v) is 6.65. The number of nitrogens with zero attached hydrogens (tertiary/aromatic N) is 3. The standard InChI is InChI=1S/C29H38N6O2/c1-18(2)32-28(36)24-17-31-27(16-25(24)33-22-11-12-30-26(15-22)29(3,4)37)34-21-9-7-19-8-10-23(35(5)6)14-20(19)13-21/h7,9,11-13,15-18,23,37H,8,10,14H2,1-6H3,(H,32,36)(H2,30,31,33,34). The van der Waals surface area contributed by atoms with E-state index in [1.54, 1.807) is 38.4 Å². The van der Waals surface area contributed by atoms with Crippen molar-refractivity contribution in [1.82, 2.24) is 20.2 Å². The van der Waals surface area contributed by atoms with Crippen molar-refractivity contribution in [3.63, 3.8) is 0 Å². The molecule has 0 spiro atoms. The molecule has 1 unspecified atom stereocenters.